The number of aryl methyl sites for hydroxylation is 1. The fourth-order valence-corrected chi connectivity index (χ4v) is 3.16. The van der Waals surface area contributed by atoms with Crippen LogP contribution in [0.3, 0.4) is 0 Å². The van der Waals surface area contributed by atoms with Crippen LogP contribution in [0.2, 0.25) is 0 Å². The fourth-order valence-electron chi connectivity index (χ4n) is 2.15. The average molecular weight is 330 g/mol. The highest BCUT2D eigenvalue weighted by Crippen LogP contribution is 2.27. The van der Waals surface area contributed by atoms with Crippen LogP contribution in [0, 0.1) is 6.92 Å². The van der Waals surface area contributed by atoms with Crippen LogP contribution >= 0.6 is 11.8 Å². The summed E-state index contributed by atoms with van der Waals surface area (Å²) < 4.78 is 5.63. The summed E-state index contributed by atoms with van der Waals surface area (Å²) >= 11 is 1.42. The van der Waals surface area contributed by atoms with Gasteiger partial charge in [-0.05, 0) is 50.5 Å². The minimum absolute atomic E-state index is 0.408. The first-order valence-corrected chi connectivity index (χ1v) is 8.67. The summed E-state index contributed by atoms with van der Waals surface area (Å²) in [5, 5.41) is 8.96. The van der Waals surface area contributed by atoms with Gasteiger partial charge in [0.05, 0.1) is 6.61 Å². The van der Waals surface area contributed by atoms with Crippen molar-refractivity contribution < 1.29 is 14.6 Å². The first-order valence-electron chi connectivity index (χ1n) is 7.79. The van der Waals surface area contributed by atoms with Crippen LogP contribution in [0.15, 0.2) is 59.5 Å². The predicted octanol–water partition coefficient (Wildman–Crippen LogP) is 4.79. The molecule has 1 unspecified atom stereocenters. The molecule has 0 aliphatic carbocycles. The topological polar surface area (TPSA) is 46.5 Å². The lowest BCUT2D eigenvalue weighted by molar-refractivity contribution is -0.136. The molecule has 23 heavy (non-hydrogen) atoms. The van der Waals surface area contributed by atoms with Crippen LogP contribution in [0.1, 0.15) is 24.8 Å². The highest BCUT2D eigenvalue weighted by molar-refractivity contribution is 8.00. The molecule has 0 saturated heterocycles. The summed E-state index contributed by atoms with van der Waals surface area (Å²) in [6.45, 7) is 2.64. The average Bonchev–Trinajstić information content (AvgIpc) is 2.56. The number of para-hydroxylation sites is 1. The molecule has 0 saturated carbocycles. The third-order valence-electron chi connectivity index (χ3n) is 3.45. The number of unbranched alkanes of at least 4 members (excludes halogenated alkanes) is 1. The number of rotatable bonds is 9. The largest absolute Gasteiger partial charge is 0.494 e. The van der Waals surface area contributed by atoms with Gasteiger partial charge >= 0.3 is 5.97 Å². The molecule has 0 aliphatic rings. The van der Waals surface area contributed by atoms with E-state index in [4.69, 9.17) is 4.74 Å². The van der Waals surface area contributed by atoms with E-state index in [9.17, 15) is 9.90 Å². The van der Waals surface area contributed by atoms with Crippen molar-refractivity contribution in [3.63, 3.8) is 0 Å². The lowest BCUT2D eigenvalue weighted by atomic mass is 10.2. The molecule has 0 amide bonds. The maximum Gasteiger partial charge on any atom is 0.316 e. The second kappa shape index (κ2) is 9.26. The van der Waals surface area contributed by atoms with Crippen molar-refractivity contribution in [1.29, 1.82) is 0 Å². The Hall–Kier alpha value is -1.94. The summed E-state index contributed by atoms with van der Waals surface area (Å²) in [6, 6.07) is 17.7. The summed E-state index contributed by atoms with van der Waals surface area (Å²) in [7, 11) is 0. The Labute approximate surface area is 141 Å². The van der Waals surface area contributed by atoms with Crippen LogP contribution in [0.5, 0.6) is 5.75 Å². The van der Waals surface area contributed by atoms with Crippen molar-refractivity contribution in [1.82, 2.24) is 0 Å². The minimum Gasteiger partial charge on any atom is -0.494 e. The van der Waals surface area contributed by atoms with Crippen LogP contribution in [0.25, 0.3) is 0 Å². The molecule has 2 aromatic rings. The van der Waals surface area contributed by atoms with E-state index in [0.29, 0.717) is 13.0 Å². The van der Waals surface area contributed by atoms with Crippen LogP contribution in [-0.4, -0.2) is 22.9 Å². The molecule has 0 heterocycles. The third-order valence-corrected chi connectivity index (χ3v) is 4.71. The normalized spacial score (nSPS) is 11.9. The Morgan fingerprint density at radius 1 is 1.09 bits per heavy atom. The Morgan fingerprint density at radius 3 is 2.43 bits per heavy atom. The van der Waals surface area contributed by atoms with Crippen molar-refractivity contribution in [3.05, 3.63) is 60.2 Å². The second-order valence-corrected chi connectivity index (χ2v) is 6.69. The van der Waals surface area contributed by atoms with E-state index in [-0.39, 0.29) is 0 Å². The van der Waals surface area contributed by atoms with Gasteiger partial charge in [0.15, 0.2) is 0 Å². The van der Waals surface area contributed by atoms with E-state index >= 15 is 0 Å². The smallest absolute Gasteiger partial charge is 0.316 e. The van der Waals surface area contributed by atoms with Gasteiger partial charge in [-0.25, -0.2) is 0 Å². The number of benzene rings is 2. The minimum atomic E-state index is -0.750. The highest BCUT2D eigenvalue weighted by Gasteiger charge is 2.18. The molecule has 0 bridgehead atoms. The molecule has 0 spiro atoms. The quantitative estimate of drug-likeness (QED) is 0.530. The number of hydrogen-bond donors (Lipinski definition) is 1. The predicted molar refractivity (Wildman–Crippen MR) is 94.2 cm³/mol. The van der Waals surface area contributed by atoms with E-state index < -0.39 is 11.2 Å². The van der Waals surface area contributed by atoms with Gasteiger partial charge in [0.25, 0.3) is 0 Å². The molecule has 1 N–H and O–H groups in total. The summed E-state index contributed by atoms with van der Waals surface area (Å²) in [4.78, 5) is 12.4. The van der Waals surface area contributed by atoms with E-state index in [0.717, 1.165) is 23.5 Å². The SMILES string of the molecule is Cc1ccc(SC(CCCCOc2ccccc2)C(=O)O)cc1. The van der Waals surface area contributed by atoms with E-state index in [2.05, 4.69) is 0 Å². The lowest BCUT2D eigenvalue weighted by Crippen LogP contribution is -2.16. The zero-order valence-corrected chi connectivity index (χ0v) is 14.1. The number of carboxylic acid groups (broad SMARTS) is 1. The fraction of sp³-hybridized carbons (Fsp3) is 0.316. The van der Waals surface area contributed by atoms with E-state index in [1.165, 1.54) is 17.3 Å². The first kappa shape index (κ1) is 17.4. The molecule has 2 rings (SSSR count). The summed E-state index contributed by atoms with van der Waals surface area (Å²) in [5.74, 6) is 0.107. The maximum atomic E-state index is 11.4. The molecular formula is C19H22O3S. The highest BCUT2D eigenvalue weighted by atomic mass is 32.2. The number of thioether (sulfide) groups is 1. The Bertz CT molecular complexity index is 596. The zero-order valence-electron chi connectivity index (χ0n) is 13.3. The van der Waals surface area contributed by atoms with Gasteiger partial charge < -0.3 is 9.84 Å². The Morgan fingerprint density at radius 2 is 1.78 bits per heavy atom. The monoisotopic (exact) mass is 330 g/mol. The molecule has 1 atom stereocenters. The third kappa shape index (κ3) is 6.37. The van der Waals surface area contributed by atoms with E-state index in [1.54, 1.807) is 0 Å². The Balaban J connectivity index is 1.72. The molecule has 122 valence electrons. The van der Waals surface area contributed by atoms with Crippen molar-refractivity contribution in [2.45, 2.75) is 36.3 Å². The molecule has 0 radical (unpaired) electrons. The van der Waals surface area contributed by atoms with Crippen LogP contribution in [-0.2, 0) is 4.79 Å². The number of aliphatic carboxylic acids is 1. The molecule has 0 aliphatic heterocycles. The zero-order chi connectivity index (χ0) is 16.5. The van der Waals surface area contributed by atoms with Gasteiger partial charge in [-0.2, -0.15) is 0 Å². The van der Waals surface area contributed by atoms with Crippen molar-refractivity contribution in [2.75, 3.05) is 6.61 Å². The van der Waals surface area contributed by atoms with Crippen LogP contribution in [0.4, 0.5) is 0 Å². The van der Waals surface area contributed by atoms with Gasteiger partial charge in [0.2, 0.25) is 0 Å². The summed E-state index contributed by atoms with van der Waals surface area (Å²) in [5.41, 5.74) is 1.18. The van der Waals surface area contributed by atoms with Gasteiger partial charge in [0, 0.05) is 4.90 Å². The number of carboxylic acids is 1. The van der Waals surface area contributed by atoms with Gasteiger partial charge in [0.1, 0.15) is 11.0 Å². The molecule has 0 aromatic heterocycles. The van der Waals surface area contributed by atoms with Crippen molar-refractivity contribution in [3.8, 4) is 5.75 Å². The van der Waals surface area contributed by atoms with Gasteiger partial charge in [-0.1, -0.05) is 35.9 Å². The standard InChI is InChI=1S/C19H22O3S/c1-15-10-12-17(13-11-15)23-18(19(20)21)9-5-6-14-22-16-7-3-2-4-8-16/h2-4,7-8,10-13,18H,5-6,9,14H2,1H3,(H,20,21). The number of ether oxygens (including phenoxy) is 1. The molecule has 4 heteroatoms. The van der Waals surface area contributed by atoms with Crippen LogP contribution < -0.4 is 4.74 Å². The lowest BCUT2D eigenvalue weighted by Gasteiger charge is -2.12. The summed E-state index contributed by atoms with van der Waals surface area (Å²) in [6.07, 6.45) is 2.34. The van der Waals surface area contributed by atoms with Crippen molar-refractivity contribution >= 4 is 17.7 Å². The number of carbonyl (C=O) groups is 1. The second-order valence-electron chi connectivity index (χ2n) is 5.42. The molecule has 3 nitrogen and oxygen atoms in total. The first-order chi connectivity index (χ1) is 11.1. The maximum absolute atomic E-state index is 11.4. The molecule has 2 aromatic carbocycles. The molecule has 0 fully saturated rings. The van der Waals surface area contributed by atoms with Crippen molar-refractivity contribution in [2.24, 2.45) is 0 Å². The number of hydrogen-bond acceptors (Lipinski definition) is 3. The Kier molecular flexibility index (Phi) is 7.01. The molecular weight excluding hydrogens is 308 g/mol. The van der Waals surface area contributed by atoms with Gasteiger partial charge in [-0.15, -0.1) is 11.8 Å². The van der Waals surface area contributed by atoms with Gasteiger partial charge in [-0.3, -0.25) is 4.79 Å². The van der Waals surface area contributed by atoms with E-state index in [1.807, 2.05) is 61.5 Å².